The van der Waals surface area contributed by atoms with Crippen LogP contribution >= 0.6 is 0 Å². The molecule has 0 aliphatic rings. The highest BCUT2D eigenvalue weighted by Gasteiger charge is 2.18. The molecule has 0 unspecified atom stereocenters. The summed E-state index contributed by atoms with van der Waals surface area (Å²) in [5.74, 6) is -0.893. The van der Waals surface area contributed by atoms with Crippen LogP contribution in [0.2, 0.25) is 0 Å². The van der Waals surface area contributed by atoms with Crippen LogP contribution in [-0.4, -0.2) is 33.3 Å². The third-order valence-electron chi connectivity index (χ3n) is 3.65. The molecule has 0 fully saturated rings. The predicted molar refractivity (Wildman–Crippen MR) is 97.8 cm³/mol. The van der Waals surface area contributed by atoms with Crippen molar-refractivity contribution in [3.8, 4) is 17.2 Å². The van der Waals surface area contributed by atoms with Crippen molar-refractivity contribution in [2.24, 2.45) is 0 Å². The number of nitrogens with one attached hydrogen (secondary N) is 2. The maximum Gasteiger partial charge on any atom is 0.294 e. The molecule has 0 saturated heterocycles. The van der Waals surface area contributed by atoms with Crippen LogP contribution in [0.25, 0.3) is 5.69 Å². The third-order valence-corrected chi connectivity index (χ3v) is 3.65. The zero-order valence-corrected chi connectivity index (χ0v) is 14.5. The van der Waals surface area contributed by atoms with Crippen molar-refractivity contribution in [3.05, 3.63) is 72.1 Å². The summed E-state index contributed by atoms with van der Waals surface area (Å²) in [4.78, 5) is 24.3. The largest absolute Gasteiger partial charge is 0.504 e. The van der Waals surface area contributed by atoms with Crippen LogP contribution in [0.15, 0.2) is 60.8 Å². The van der Waals surface area contributed by atoms with Crippen molar-refractivity contribution < 1.29 is 19.4 Å². The molecule has 0 spiro atoms. The lowest BCUT2D eigenvalue weighted by molar-refractivity contribution is 0.0842. The Labute approximate surface area is 155 Å². The smallest absolute Gasteiger partial charge is 0.294 e. The van der Waals surface area contributed by atoms with E-state index < -0.39 is 11.8 Å². The Hall–Kier alpha value is -3.81. The van der Waals surface area contributed by atoms with Gasteiger partial charge in [-0.05, 0) is 43.3 Å². The molecular weight excluding hydrogens is 348 g/mol. The van der Waals surface area contributed by atoms with Gasteiger partial charge >= 0.3 is 0 Å². The molecule has 8 heteroatoms. The van der Waals surface area contributed by atoms with Gasteiger partial charge in [-0.15, -0.1) is 0 Å². The number of amides is 2. The standard InChI is InChI=1S/C19H18N4O4/c1-2-27-15-10-8-13(9-11-15)18(25)20-21-19(26)17-16(24)12-23(22-17)14-6-4-3-5-7-14/h3-12,24H,2H2,1H3,(H,20,25)(H,21,26). The molecule has 1 heterocycles. The predicted octanol–water partition coefficient (Wildman–Crippen LogP) is 2.05. The molecule has 0 radical (unpaired) electrons. The number of ether oxygens (including phenoxy) is 1. The highest BCUT2D eigenvalue weighted by atomic mass is 16.5. The minimum Gasteiger partial charge on any atom is -0.504 e. The van der Waals surface area contributed by atoms with E-state index in [1.165, 1.54) is 10.9 Å². The van der Waals surface area contributed by atoms with E-state index in [0.717, 1.165) is 0 Å². The quantitative estimate of drug-likeness (QED) is 0.600. The molecule has 27 heavy (non-hydrogen) atoms. The van der Waals surface area contributed by atoms with Gasteiger partial charge in [-0.2, -0.15) is 5.10 Å². The summed E-state index contributed by atoms with van der Waals surface area (Å²) in [7, 11) is 0. The van der Waals surface area contributed by atoms with Gasteiger partial charge in [-0.25, -0.2) is 4.68 Å². The van der Waals surface area contributed by atoms with Crippen molar-refractivity contribution >= 4 is 11.8 Å². The SMILES string of the molecule is CCOc1ccc(C(=O)NNC(=O)c2nn(-c3ccccc3)cc2O)cc1. The molecule has 0 bridgehead atoms. The lowest BCUT2D eigenvalue weighted by Gasteiger charge is -2.07. The van der Waals surface area contributed by atoms with Crippen molar-refractivity contribution in [1.82, 2.24) is 20.6 Å². The average Bonchev–Trinajstić information content (AvgIpc) is 3.09. The van der Waals surface area contributed by atoms with Crippen LogP contribution in [0, 0.1) is 0 Å². The van der Waals surface area contributed by atoms with Crippen LogP contribution in [-0.2, 0) is 0 Å². The van der Waals surface area contributed by atoms with Gasteiger partial charge in [-0.1, -0.05) is 18.2 Å². The second kappa shape index (κ2) is 8.05. The minimum absolute atomic E-state index is 0.203. The molecule has 3 aromatic rings. The minimum atomic E-state index is -0.735. The zero-order valence-electron chi connectivity index (χ0n) is 14.5. The first-order valence-electron chi connectivity index (χ1n) is 8.26. The van der Waals surface area contributed by atoms with Crippen LogP contribution in [0.4, 0.5) is 0 Å². The van der Waals surface area contributed by atoms with Crippen LogP contribution in [0.5, 0.6) is 11.5 Å². The van der Waals surface area contributed by atoms with Gasteiger partial charge < -0.3 is 9.84 Å². The molecule has 0 atom stereocenters. The van der Waals surface area contributed by atoms with E-state index in [4.69, 9.17) is 4.74 Å². The van der Waals surface area contributed by atoms with E-state index in [-0.39, 0.29) is 11.4 Å². The monoisotopic (exact) mass is 366 g/mol. The summed E-state index contributed by atoms with van der Waals surface area (Å²) in [6, 6.07) is 15.5. The summed E-state index contributed by atoms with van der Waals surface area (Å²) in [6.45, 7) is 2.39. The third kappa shape index (κ3) is 4.24. The summed E-state index contributed by atoms with van der Waals surface area (Å²) >= 11 is 0. The maximum atomic E-state index is 12.2. The first-order chi connectivity index (χ1) is 13.1. The fraction of sp³-hybridized carbons (Fsp3) is 0.105. The number of para-hydroxylation sites is 1. The fourth-order valence-corrected chi connectivity index (χ4v) is 2.35. The molecule has 0 aliphatic carbocycles. The normalized spacial score (nSPS) is 10.3. The molecule has 0 aliphatic heterocycles. The second-order valence-electron chi connectivity index (χ2n) is 5.51. The van der Waals surface area contributed by atoms with Gasteiger partial charge in [-0.3, -0.25) is 20.4 Å². The molecule has 3 N–H and O–H groups in total. The molecule has 2 aromatic carbocycles. The van der Waals surface area contributed by atoms with Crippen LogP contribution in [0.1, 0.15) is 27.8 Å². The molecule has 1 aromatic heterocycles. The average molecular weight is 366 g/mol. The lowest BCUT2D eigenvalue weighted by Crippen LogP contribution is -2.41. The van der Waals surface area contributed by atoms with E-state index in [1.807, 2.05) is 25.1 Å². The maximum absolute atomic E-state index is 12.2. The van der Waals surface area contributed by atoms with Crippen LogP contribution < -0.4 is 15.6 Å². The number of hydrazine groups is 1. The van der Waals surface area contributed by atoms with Gasteiger partial charge in [0.1, 0.15) is 5.75 Å². The fourth-order valence-electron chi connectivity index (χ4n) is 2.35. The number of aromatic hydroxyl groups is 1. The van der Waals surface area contributed by atoms with Crippen molar-refractivity contribution in [1.29, 1.82) is 0 Å². The van der Waals surface area contributed by atoms with Gasteiger partial charge in [0.25, 0.3) is 11.8 Å². The number of nitrogens with zero attached hydrogens (tertiary/aromatic N) is 2. The molecule has 0 saturated carbocycles. The van der Waals surface area contributed by atoms with E-state index >= 15 is 0 Å². The number of carbonyl (C=O) groups is 2. The van der Waals surface area contributed by atoms with Gasteiger partial charge in [0.15, 0.2) is 11.4 Å². The second-order valence-corrected chi connectivity index (χ2v) is 5.51. The number of carbonyl (C=O) groups excluding carboxylic acids is 2. The number of benzene rings is 2. The van der Waals surface area contributed by atoms with E-state index in [1.54, 1.807) is 36.4 Å². The summed E-state index contributed by atoms with van der Waals surface area (Å²) < 4.78 is 6.68. The van der Waals surface area contributed by atoms with Gasteiger partial charge in [0.05, 0.1) is 18.5 Å². The molecule has 2 amide bonds. The van der Waals surface area contributed by atoms with E-state index in [9.17, 15) is 14.7 Å². The summed E-state index contributed by atoms with van der Waals surface area (Å²) in [5.41, 5.74) is 5.35. The number of aromatic nitrogens is 2. The molecule has 3 rings (SSSR count). The van der Waals surface area contributed by atoms with Gasteiger partial charge in [0, 0.05) is 5.56 Å². The Morgan fingerprint density at radius 3 is 2.37 bits per heavy atom. The van der Waals surface area contributed by atoms with E-state index in [0.29, 0.717) is 23.6 Å². The van der Waals surface area contributed by atoms with Crippen LogP contribution in [0.3, 0.4) is 0 Å². The Morgan fingerprint density at radius 2 is 1.70 bits per heavy atom. The van der Waals surface area contributed by atoms with E-state index in [2.05, 4.69) is 16.0 Å². The van der Waals surface area contributed by atoms with Crippen molar-refractivity contribution in [2.45, 2.75) is 6.92 Å². The zero-order chi connectivity index (χ0) is 19.2. The molecular formula is C19H18N4O4. The highest BCUT2D eigenvalue weighted by Crippen LogP contribution is 2.17. The first-order valence-corrected chi connectivity index (χ1v) is 8.26. The highest BCUT2D eigenvalue weighted by molar-refractivity contribution is 5.99. The Bertz CT molecular complexity index is 936. The number of hydrogen-bond donors (Lipinski definition) is 3. The molecule has 138 valence electrons. The Morgan fingerprint density at radius 1 is 1.04 bits per heavy atom. The summed E-state index contributed by atoms with van der Waals surface area (Å²) in [6.07, 6.45) is 1.32. The van der Waals surface area contributed by atoms with Crippen molar-refractivity contribution in [3.63, 3.8) is 0 Å². The van der Waals surface area contributed by atoms with Gasteiger partial charge in [0.2, 0.25) is 0 Å². The summed E-state index contributed by atoms with van der Waals surface area (Å²) in [5, 5.41) is 14.0. The number of rotatable bonds is 5. The molecule has 8 nitrogen and oxygen atoms in total. The Balaban J connectivity index is 1.64. The lowest BCUT2D eigenvalue weighted by atomic mass is 10.2. The number of hydrogen-bond acceptors (Lipinski definition) is 5. The first kappa shape index (κ1) is 18.0. The van der Waals surface area contributed by atoms with Crippen molar-refractivity contribution in [2.75, 3.05) is 6.61 Å². The topological polar surface area (TPSA) is 105 Å². The Kier molecular flexibility index (Phi) is 5.36.